The van der Waals surface area contributed by atoms with Crippen molar-refractivity contribution in [3.8, 4) is 0 Å². The summed E-state index contributed by atoms with van der Waals surface area (Å²) in [6.45, 7) is 7.36. The van der Waals surface area contributed by atoms with Crippen LogP contribution >= 0.6 is 11.3 Å². The van der Waals surface area contributed by atoms with Crippen LogP contribution in [0.4, 0.5) is 5.69 Å². The maximum absolute atomic E-state index is 13.7. The van der Waals surface area contributed by atoms with E-state index in [2.05, 4.69) is 10.6 Å². The highest BCUT2D eigenvalue weighted by Crippen LogP contribution is 2.33. The first-order valence-electron chi connectivity index (χ1n) is 22.8. The Morgan fingerprint density at radius 3 is 2.19 bits per heavy atom. The number of imide groups is 1. The number of hydrogen-bond donors (Lipinski definition) is 2. The minimum atomic E-state index is -0.714. The summed E-state index contributed by atoms with van der Waals surface area (Å²) in [5.74, 6) is -1.51. The molecule has 3 heterocycles. The number of unbranched alkanes of at least 4 members (excludes halogenated alkanes) is 4. The zero-order valence-electron chi connectivity index (χ0n) is 37.4. The van der Waals surface area contributed by atoms with Gasteiger partial charge in [-0.3, -0.25) is 28.8 Å². The Balaban J connectivity index is 0.831. The first kappa shape index (κ1) is 50.0. The summed E-state index contributed by atoms with van der Waals surface area (Å²) < 4.78 is 19.1. The van der Waals surface area contributed by atoms with Gasteiger partial charge in [0.15, 0.2) is 5.78 Å². The summed E-state index contributed by atoms with van der Waals surface area (Å²) in [4.78, 5) is 93.7. The molecule has 3 aromatic rings. The third-order valence-electron chi connectivity index (χ3n) is 11.6. The van der Waals surface area contributed by atoms with Crippen molar-refractivity contribution in [2.24, 2.45) is 11.8 Å². The van der Waals surface area contributed by atoms with E-state index in [1.165, 1.54) is 0 Å². The number of thiophene rings is 1. The van der Waals surface area contributed by atoms with Crippen molar-refractivity contribution in [3.63, 3.8) is 0 Å². The molecule has 2 aromatic heterocycles. The predicted octanol–water partition coefficient (Wildman–Crippen LogP) is 6.06. The molecule has 64 heavy (non-hydrogen) atoms. The van der Waals surface area contributed by atoms with Crippen molar-refractivity contribution >= 4 is 68.5 Å². The van der Waals surface area contributed by atoms with Crippen molar-refractivity contribution in [2.45, 2.75) is 110 Å². The average Bonchev–Trinajstić information content (AvgIpc) is 3.97. The van der Waals surface area contributed by atoms with E-state index < -0.39 is 17.8 Å². The molecule has 16 nitrogen and oxygen atoms in total. The second kappa shape index (κ2) is 26.7. The van der Waals surface area contributed by atoms with Gasteiger partial charge >= 0.3 is 5.97 Å². The molecule has 1 saturated carbocycles. The molecule has 2 N–H and O–H groups in total. The number of amides is 5. The van der Waals surface area contributed by atoms with Gasteiger partial charge in [0.05, 0.1) is 62.0 Å². The number of anilines is 1. The van der Waals surface area contributed by atoms with Crippen LogP contribution in [0, 0.1) is 18.8 Å². The van der Waals surface area contributed by atoms with Gasteiger partial charge in [0.2, 0.25) is 17.7 Å². The molecule has 5 amide bonds. The van der Waals surface area contributed by atoms with Crippen molar-refractivity contribution in [2.75, 3.05) is 64.2 Å². The number of ketones is 1. The number of likely N-dealkylation sites (N-methyl/N-ethyl adjacent to an activating group) is 1. The number of hydrogen-bond acceptors (Lipinski definition) is 12. The lowest BCUT2D eigenvalue weighted by Crippen LogP contribution is -2.35. The lowest BCUT2D eigenvalue weighted by Gasteiger charge is -2.27. The Hall–Kier alpha value is -4.97. The van der Waals surface area contributed by atoms with Gasteiger partial charge in [0.1, 0.15) is 6.54 Å². The lowest BCUT2D eigenvalue weighted by molar-refractivity contribution is -0.198. The van der Waals surface area contributed by atoms with E-state index in [-0.39, 0.29) is 74.4 Å². The third kappa shape index (κ3) is 15.9. The van der Waals surface area contributed by atoms with E-state index in [1.807, 2.05) is 60.2 Å². The van der Waals surface area contributed by atoms with Crippen molar-refractivity contribution in [1.82, 2.24) is 20.3 Å². The first-order valence-corrected chi connectivity index (χ1v) is 23.7. The van der Waals surface area contributed by atoms with E-state index in [9.17, 15) is 33.6 Å². The van der Waals surface area contributed by atoms with Gasteiger partial charge in [-0.15, -0.1) is 16.4 Å². The molecule has 1 saturated heterocycles. The average molecular weight is 908 g/mol. The number of Topliss-reactive ketones (excluding diaryl/α,β-unsaturated/α-hetero) is 1. The van der Waals surface area contributed by atoms with Crippen LogP contribution in [0.3, 0.4) is 0 Å². The minimum Gasteiger partial charge on any atom is -0.378 e. The topological polar surface area (TPSA) is 192 Å². The number of hydroxylamine groups is 2. The minimum absolute atomic E-state index is 0.00942. The number of ether oxygens (including phenoxy) is 3. The standard InChI is InChI=1S/C47H65N5O11S/c1-3-50(37-11-9-10-34(2)30-37)45(57)33-51-38-20-29-64-41(38)32-39(51)40(53)31-35-13-15-36(16-14-35)47(59)49-21-8-6-4-5-7-12-42(54)48-22-24-61-26-28-62-27-25-60-23-19-46(58)63-52-43(55)17-18-44(52)56/h9-11,20,29-30,32,35-36H,3-8,12-19,21-28,31,33H2,1-2H3,(H,48,54)(H,49,59). The maximum Gasteiger partial charge on any atom is 0.335 e. The fourth-order valence-electron chi connectivity index (χ4n) is 8.04. The van der Waals surface area contributed by atoms with Gasteiger partial charge < -0.3 is 39.1 Å². The monoisotopic (exact) mass is 907 g/mol. The lowest BCUT2D eigenvalue weighted by atomic mass is 9.79. The second-order valence-corrected chi connectivity index (χ2v) is 17.3. The molecule has 17 heteroatoms. The van der Waals surface area contributed by atoms with E-state index in [4.69, 9.17) is 19.0 Å². The molecule has 1 aromatic carbocycles. The summed E-state index contributed by atoms with van der Waals surface area (Å²) in [7, 11) is 0. The Labute approximate surface area is 379 Å². The molecule has 0 bridgehead atoms. The molecule has 2 fully saturated rings. The van der Waals surface area contributed by atoms with Crippen LogP contribution in [-0.2, 0) is 54.4 Å². The Bertz CT molecular complexity index is 2010. The zero-order chi connectivity index (χ0) is 45.7. The van der Waals surface area contributed by atoms with Crippen molar-refractivity contribution in [1.29, 1.82) is 0 Å². The smallest absolute Gasteiger partial charge is 0.335 e. The summed E-state index contributed by atoms with van der Waals surface area (Å²) in [6.07, 6.45) is 8.64. The Morgan fingerprint density at radius 2 is 1.47 bits per heavy atom. The molecule has 5 rings (SSSR count). The molecule has 0 spiro atoms. The van der Waals surface area contributed by atoms with Crippen LogP contribution in [0.5, 0.6) is 0 Å². The van der Waals surface area contributed by atoms with E-state index in [1.54, 1.807) is 16.2 Å². The first-order chi connectivity index (χ1) is 31.0. The predicted molar refractivity (Wildman–Crippen MR) is 241 cm³/mol. The van der Waals surface area contributed by atoms with Gasteiger partial charge in [0.25, 0.3) is 11.8 Å². The number of carbonyl (C=O) groups is 7. The van der Waals surface area contributed by atoms with E-state index >= 15 is 0 Å². The number of fused-ring (bicyclic) bond motifs is 1. The maximum atomic E-state index is 13.7. The SMILES string of the molecule is CCN(C(=O)Cn1c(C(=O)CC2CCC(C(=O)NCCCCCCCC(=O)NCCOCCOCCOCCC(=O)ON3C(=O)CCC3=O)CC2)cc2sccc21)c1cccc(C)c1. The van der Waals surface area contributed by atoms with Gasteiger partial charge in [-0.2, -0.15) is 0 Å². The van der Waals surface area contributed by atoms with Crippen LogP contribution in [0.15, 0.2) is 41.8 Å². The molecule has 0 atom stereocenters. The summed E-state index contributed by atoms with van der Waals surface area (Å²) in [5.41, 5.74) is 3.42. The highest BCUT2D eigenvalue weighted by atomic mass is 32.1. The summed E-state index contributed by atoms with van der Waals surface area (Å²) in [5, 5.41) is 8.48. The van der Waals surface area contributed by atoms with E-state index in [0.29, 0.717) is 69.7 Å². The Kier molecular flexibility index (Phi) is 20.9. The number of nitrogens with zero attached hydrogens (tertiary/aromatic N) is 3. The van der Waals surface area contributed by atoms with E-state index in [0.717, 1.165) is 79.3 Å². The summed E-state index contributed by atoms with van der Waals surface area (Å²) >= 11 is 1.57. The number of carbonyl (C=O) groups excluding carboxylic acids is 7. The summed E-state index contributed by atoms with van der Waals surface area (Å²) in [6, 6.07) is 11.8. The van der Waals surface area contributed by atoms with Crippen molar-refractivity contribution in [3.05, 3.63) is 53.0 Å². The number of benzene rings is 1. The normalized spacial score (nSPS) is 16.3. The van der Waals surface area contributed by atoms with Crippen molar-refractivity contribution < 1.29 is 52.6 Å². The number of nitrogens with one attached hydrogen (secondary N) is 2. The van der Waals surface area contributed by atoms with Gasteiger partial charge in [-0.05, 0) is 93.5 Å². The molecule has 350 valence electrons. The van der Waals surface area contributed by atoms with Crippen LogP contribution in [0.25, 0.3) is 10.2 Å². The van der Waals surface area contributed by atoms with Crippen LogP contribution in [-0.4, -0.2) is 110 Å². The number of aryl methyl sites for hydroxylation is 1. The molecule has 1 aliphatic heterocycles. The van der Waals surface area contributed by atoms with Gasteiger partial charge in [-0.25, -0.2) is 4.79 Å². The highest BCUT2D eigenvalue weighted by Gasteiger charge is 2.33. The molecular weight excluding hydrogens is 843 g/mol. The molecule has 0 unspecified atom stereocenters. The largest absolute Gasteiger partial charge is 0.378 e. The fourth-order valence-corrected chi connectivity index (χ4v) is 8.87. The van der Waals surface area contributed by atoms with Crippen LogP contribution < -0.4 is 15.5 Å². The molecule has 2 aliphatic rings. The second-order valence-electron chi connectivity index (χ2n) is 16.4. The number of rotatable bonds is 29. The van der Waals surface area contributed by atoms with Crippen LogP contribution in [0.2, 0.25) is 0 Å². The highest BCUT2D eigenvalue weighted by molar-refractivity contribution is 7.17. The zero-order valence-corrected chi connectivity index (χ0v) is 38.2. The number of aromatic nitrogens is 1. The van der Waals surface area contributed by atoms with Gasteiger partial charge in [-0.1, -0.05) is 31.4 Å². The fraction of sp³-hybridized carbons (Fsp3) is 0.596. The molecule has 1 aliphatic carbocycles. The molecular formula is C47H65N5O11S. The van der Waals surface area contributed by atoms with Gasteiger partial charge in [0, 0.05) is 56.9 Å². The molecule has 0 radical (unpaired) electrons. The quantitative estimate of drug-likeness (QED) is 0.0468. The van der Waals surface area contributed by atoms with Crippen LogP contribution in [0.1, 0.15) is 113 Å². The third-order valence-corrected chi connectivity index (χ3v) is 12.4. The Morgan fingerprint density at radius 1 is 0.781 bits per heavy atom.